The Balaban J connectivity index is 2.62. The molecule has 7 heteroatoms. The fraction of sp³-hybridized carbons (Fsp3) is 0.467. The molecule has 0 saturated heterocycles. The minimum absolute atomic E-state index is 0.271. The van der Waals surface area contributed by atoms with Gasteiger partial charge < -0.3 is 16.4 Å². The number of alkyl halides is 1. The van der Waals surface area contributed by atoms with Gasteiger partial charge in [0.1, 0.15) is 12.4 Å². The number of hydrogen-bond donors (Lipinski definition) is 3. The van der Waals surface area contributed by atoms with Gasteiger partial charge >= 0.3 is 0 Å². The molecule has 22 heavy (non-hydrogen) atoms. The maximum Gasteiger partial charge on any atom is 0.175 e. The topological polar surface area (TPSA) is 85.8 Å². The Kier molecular flexibility index (Phi) is 7.50. The third kappa shape index (κ3) is 6.55. The van der Waals surface area contributed by atoms with E-state index in [-0.39, 0.29) is 10.9 Å². The van der Waals surface area contributed by atoms with Crippen LogP contribution >= 0.6 is 0 Å². The Labute approximate surface area is 131 Å². The summed E-state index contributed by atoms with van der Waals surface area (Å²) in [7, 11) is -1.33. The third-order valence-corrected chi connectivity index (χ3v) is 4.37. The number of nitrogens with one attached hydrogen (secondary N) is 2. The van der Waals surface area contributed by atoms with Gasteiger partial charge in [-0.2, -0.15) is 0 Å². The first-order valence-corrected chi connectivity index (χ1v) is 9.02. The third-order valence-electron chi connectivity index (χ3n) is 3.24. The summed E-state index contributed by atoms with van der Waals surface area (Å²) in [5.41, 5.74) is 5.69. The lowest BCUT2D eigenvalue weighted by atomic mass is 10.1. The molecule has 0 unspecified atom stereocenters. The minimum atomic E-state index is -3.20. The van der Waals surface area contributed by atoms with Crippen LogP contribution in [0.2, 0.25) is 0 Å². The van der Waals surface area contributed by atoms with Crippen molar-refractivity contribution < 1.29 is 18.5 Å². The average Bonchev–Trinajstić information content (AvgIpc) is 2.48. The molecule has 0 fully saturated rings. The van der Waals surface area contributed by atoms with Gasteiger partial charge in [-0.3, -0.25) is 0 Å². The zero-order valence-electron chi connectivity index (χ0n) is 13.1. The van der Waals surface area contributed by atoms with E-state index in [0.29, 0.717) is 6.42 Å². The first-order valence-electron chi connectivity index (χ1n) is 7.13. The van der Waals surface area contributed by atoms with Crippen molar-refractivity contribution in [2.75, 3.05) is 26.5 Å². The molecular weight excluding hydrogens is 305 g/mol. The molecule has 0 radical (unpaired) electrons. The van der Waals surface area contributed by atoms with Crippen molar-refractivity contribution in [3.8, 4) is 0 Å². The molecule has 5 nitrogen and oxygen atoms in total. The zero-order valence-corrected chi connectivity index (χ0v) is 13.9. The maximum absolute atomic E-state index is 13.1. The van der Waals surface area contributed by atoms with Gasteiger partial charge in [-0.1, -0.05) is 12.1 Å². The Morgan fingerprint density at radius 1 is 1.36 bits per heavy atom. The molecule has 1 rings (SSSR count). The van der Waals surface area contributed by atoms with Gasteiger partial charge in [0.2, 0.25) is 0 Å². The standard InChI is InChI=1S/C15H24FN3O2S/c1-18-8-7-13(17)11-19-14(10-16)9-12-3-5-15(6-4-12)22(2,20)21/h3-6,11,14,18-19H,7-10,17H2,1-2H3/p+1/b13-11-/t14-/m0/s1. The van der Waals surface area contributed by atoms with Crippen LogP contribution in [0, 0.1) is 0 Å². The monoisotopic (exact) mass is 330 g/mol. The first kappa shape index (κ1) is 18.6. The second-order valence-corrected chi connectivity index (χ2v) is 7.31. The van der Waals surface area contributed by atoms with Crippen molar-refractivity contribution in [2.45, 2.75) is 23.8 Å². The van der Waals surface area contributed by atoms with Crippen LogP contribution in [0.25, 0.3) is 0 Å². The highest BCUT2D eigenvalue weighted by molar-refractivity contribution is 7.90. The highest BCUT2D eigenvalue weighted by Crippen LogP contribution is 2.12. The summed E-state index contributed by atoms with van der Waals surface area (Å²) in [5, 5.41) is 6.05. The van der Waals surface area contributed by atoms with Gasteiger partial charge in [0.15, 0.2) is 9.84 Å². The Morgan fingerprint density at radius 2 is 2.00 bits per heavy atom. The van der Waals surface area contributed by atoms with Crippen molar-refractivity contribution in [2.24, 2.45) is 0 Å². The van der Waals surface area contributed by atoms with Gasteiger partial charge in [-0.15, -0.1) is 0 Å². The Morgan fingerprint density at radius 3 is 2.50 bits per heavy atom. The Hall–Kier alpha value is -1.44. The number of quaternary nitrogens is 1. The second-order valence-electron chi connectivity index (χ2n) is 5.29. The lowest BCUT2D eigenvalue weighted by molar-refractivity contribution is -0.307. The zero-order chi connectivity index (χ0) is 16.6. The van der Waals surface area contributed by atoms with Crippen LogP contribution < -0.4 is 16.4 Å². The van der Waals surface area contributed by atoms with Crippen molar-refractivity contribution in [3.05, 3.63) is 41.7 Å². The van der Waals surface area contributed by atoms with Crippen molar-refractivity contribution in [1.82, 2.24) is 10.6 Å². The summed E-state index contributed by atoms with van der Waals surface area (Å²) < 4.78 is 35.9. The number of halogens is 1. The summed E-state index contributed by atoms with van der Waals surface area (Å²) in [6.07, 6.45) is 4.19. The minimum Gasteiger partial charge on any atom is -0.381 e. The highest BCUT2D eigenvalue weighted by atomic mass is 32.2. The average molecular weight is 330 g/mol. The molecule has 0 saturated carbocycles. The number of hydrogen-bond acceptors (Lipinski definition) is 4. The number of benzene rings is 1. The van der Waals surface area contributed by atoms with Gasteiger partial charge in [-0.05, 0) is 31.2 Å². The molecule has 0 aliphatic heterocycles. The predicted octanol–water partition coefficient (Wildman–Crippen LogP) is 0.253. The summed E-state index contributed by atoms with van der Waals surface area (Å²) in [6.45, 7) is 0.313. The SMILES string of the molecule is CNCC/C([NH3+])=C/N[C@H](CF)Cc1ccc(S(C)(=O)=O)cc1. The van der Waals surface area contributed by atoms with Crippen molar-refractivity contribution in [1.29, 1.82) is 0 Å². The van der Waals surface area contributed by atoms with Crippen LogP contribution in [0.5, 0.6) is 0 Å². The molecule has 0 aliphatic rings. The van der Waals surface area contributed by atoms with E-state index >= 15 is 0 Å². The molecule has 5 N–H and O–H groups in total. The molecule has 0 aliphatic carbocycles. The smallest absolute Gasteiger partial charge is 0.175 e. The summed E-state index contributed by atoms with van der Waals surface area (Å²) in [6, 6.07) is 6.19. The summed E-state index contributed by atoms with van der Waals surface area (Å²) in [4.78, 5) is 0.271. The molecule has 0 aromatic heterocycles. The number of rotatable bonds is 9. The molecular formula is C15H25FN3O2S+. The molecule has 1 atom stereocenters. The second kappa shape index (κ2) is 8.87. The molecule has 1 aromatic rings. The van der Waals surface area contributed by atoms with E-state index < -0.39 is 16.5 Å². The van der Waals surface area contributed by atoms with Crippen LogP contribution in [0.4, 0.5) is 4.39 Å². The van der Waals surface area contributed by atoms with E-state index in [1.807, 2.05) is 7.05 Å². The van der Waals surface area contributed by atoms with Crippen LogP contribution in [-0.2, 0) is 16.3 Å². The lowest BCUT2D eigenvalue weighted by Gasteiger charge is -2.14. The van der Waals surface area contributed by atoms with Crippen molar-refractivity contribution in [3.63, 3.8) is 0 Å². The van der Waals surface area contributed by atoms with E-state index in [2.05, 4.69) is 16.4 Å². The molecule has 124 valence electrons. The van der Waals surface area contributed by atoms with Gasteiger partial charge in [0.25, 0.3) is 0 Å². The molecule has 0 amide bonds. The van der Waals surface area contributed by atoms with Crippen molar-refractivity contribution >= 4 is 9.84 Å². The van der Waals surface area contributed by atoms with E-state index in [1.165, 1.54) is 6.26 Å². The van der Waals surface area contributed by atoms with Crippen LogP contribution in [0.15, 0.2) is 41.1 Å². The molecule has 0 heterocycles. The largest absolute Gasteiger partial charge is 0.381 e. The van der Waals surface area contributed by atoms with E-state index in [9.17, 15) is 12.8 Å². The van der Waals surface area contributed by atoms with Crippen LogP contribution in [0.3, 0.4) is 0 Å². The highest BCUT2D eigenvalue weighted by Gasteiger charge is 2.10. The van der Waals surface area contributed by atoms with E-state index in [1.54, 1.807) is 30.5 Å². The van der Waals surface area contributed by atoms with Gasteiger partial charge in [0, 0.05) is 19.2 Å². The van der Waals surface area contributed by atoms with Gasteiger partial charge in [-0.25, -0.2) is 12.8 Å². The normalized spacial score (nSPS) is 13.9. The summed E-state index contributed by atoms with van der Waals surface area (Å²) in [5.74, 6) is 0. The Bertz CT molecular complexity index is 585. The van der Waals surface area contributed by atoms with Gasteiger partial charge in [0.05, 0.1) is 17.1 Å². The predicted molar refractivity (Wildman–Crippen MR) is 85.7 cm³/mol. The molecule has 0 bridgehead atoms. The molecule has 1 aromatic carbocycles. The fourth-order valence-electron chi connectivity index (χ4n) is 1.91. The van der Waals surface area contributed by atoms with Crippen LogP contribution in [0.1, 0.15) is 12.0 Å². The quantitative estimate of drug-likeness (QED) is 0.606. The first-order chi connectivity index (χ1) is 10.4. The summed E-state index contributed by atoms with van der Waals surface area (Å²) >= 11 is 0. The van der Waals surface area contributed by atoms with Crippen LogP contribution in [-0.4, -0.2) is 41.0 Å². The fourth-order valence-corrected chi connectivity index (χ4v) is 2.54. The molecule has 0 spiro atoms. The van der Waals surface area contributed by atoms with E-state index in [4.69, 9.17) is 0 Å². The van der Waals surface area contributed by atoms with E-state index in [0.717, 1.165) is 24.2 Å². The number of sulfone groups is 1. The lowest BCUT2D eigenvalue weighted by Crippen LogP contribution is -2.49. The maximum atomic E-state index is 13.1.